The van der Waals surface area contributed by atoms with Crippen LogP contribution in [0.2, 0.25) is 0 Å². The molecule has 17 rings (SSSR count). The molecule has 0 aliphatic heterocycles. The highest BCUT2D eigenvalue weighted by Gasteiger charge is 2.39. The summed E-state index contributed by atoms with van der Waals surface area (Å²) in [5.74, 6) is -0.524. The van der Waals surface area contributed by atoms with E-state index in [1.165, 1.54) is 111 Å². The molecule has 0 amide bonds. The number of hydrogen-bond acceptors (Lipinski definition) is 2. The van der Waals surface area contributed by atoms with Gasteiger partial charge in [-0.25, -0.2) is 8.78 Å². The van der Waals surface area contributed by atoms with Crippen molar-refractivity contribution in [2.75, 3.05) is 9.80 Å². The topological polar surface area (TPSA) is 6.48 Å². The molecular weight excluding hydrogens is 1180 g/mol. The summed E-state index contributed by atoms with van der Waals surface area (Å²) < 4.78 is 29.0. The molecule has 14 aromatic rings. The van der Waals surface area contributed by atoms with Gasteiger partial charge in [0.1, 0.15) is 11.6 Å². The summed E-state index contributed by atoms with van der Waals surface area (Å²) in [5, 5.41) is 4.87. The molecule has 4 heteroatoms. The number of nitrogens with zero attached hydrogens (tertiary/aromatic N) is 2. The van der Waals surface area contributed by atoms with Gasteiger partial charge in [0.25, 0.3) is 0 Å². The van der Waals surface area contributed by atoms with E-state index in [1.807, 2.05) is 24.3 Å². The van der Waals surface area contributed by atoms with Crippen LogP contribution < -0.4 is 9.80 Å². The lowest BCUT2D eigenvalue weighted by Gasteiger charge is -2.28. The van der Waals surface area contributed by atoms with Gasteiger partial charge in [0.15, 0.2) is 0 Å². The highest BCUT2D eigenvalue weighted by molar-refractivity contribution is 5.99. The Balaban J connectivity index is 0.600. The van der Waals surface area contributed by atoms with Crippen molar-refractivity contribution in [2.24, 2.45) is 0 Å². The zero-order valence-electron chi connectivity index (χ0n) is 55.2. The van der Waals surface area contributed by atoms with Crippen molar-refractivity contribution < 1.29 is 8.78 Å². The lowest BCUT2D eigenvalue weighted by atomic mass is 9.81. The number of rotatable bonds is 12. The van der Waals surface area contributed by atoms with Crippen LogP contribution in [0.3, 0.4) is 0 Å². The Kier molecular flexibility index (Phi) is 14.0. The maximum absolute atomic E-state index is 14.5. The van der Waals surface area contributed by atoms with Crippen molar-refractivity contribution in [3.8, 4) is 55.6 Å². The number of fused-ring (bicyclic) bond motifs is 11. The molecular formula is C93H70F2N2. The minimum absolute atomic E-state index is 0.205. The normalized spacial score (nSPS) is 14.1. The van der Waals surface area contributed by atoms with Gasteiger partial charge in [0, 0.05) is 50.4 Å². The molecule has 0 fully saturated rings. The van der Waals surface area contributed by atoms with Gasteiger partial charge >= 0.3 is 0 Å². The molecule has 0 N–H and O–H groups in total. The van der Waals surface area contributed by atoms with Crippen LogP contribution in [0.4, 0.5) is 42.9 Å². The predicted molar refractivity (Wildman–Crippen MR) is 405 cm³/mol. The number of benzene rings is 14. The van der Waals surface area contributed by atoms with E-state index >= 15 is 0 Å². The van der Waals surface area contributed by atoms with Crippen LogP contribution in [-0.2, 0) is 16.2 Å². The fourth-order valence-corrected chi connectivity index (χ4v) is 15.9. The van der Waals surface area contributed by atoms with Gasteiger partial charge in [-0.05, 0) is 230 Å². The average molecular weight is 1250 g/mol. The molecule has 0 bridgehead atoms. The quantitative estimate of drug-likeness (QED) is 0.113. The van der Waals surface area contributed by atoms with E-state index in [9.17, 15) is 8.78 Å². The van der Waals surface area contributed by atoms with Gasteiger partial charge in [0.05, 0.1) is 0 Å². The van der Waals surface area contributed by atoms with E-state index in [2.05, 4.69) is 318 Å². The maximum atomic E-state index is 14.5. The molecule has 0 saturated carbocycles. The Morgan fingerprint density at radius 2 is 0.495 bits per heavy atom. The van der Waals surface area contributed by atoms with Crippen LogP contribution in [-0.4, -0.2) is 0 Å². The minimum Gasteiger partial charge on any atom is -0.310 e. The van der Waals surface area contributed by atoms with Gasteiger partial charge in [-0.3, -0.25) is 0 Å². The summed E-state index contributed by atoms with van der Waals surface area (Å²) in [6, 6.07) is 102. The minimum atomic E-state index is -0.279. The number of halogens is 2. The zero-order chi connectivity index (χ0) is 65.9. The molecule has 3 aliphatic carbocycles. The molecule has 14 aromatic carbocycles. The van der Waals surface area contributed by atoms with Crippen molar-refractivity contribution in [1.82, 2.24) is 0 Å². The smallest absolute Gasteiger partial charge is 0.123 e. The SMILES string of the molecule is CC1(C)c2cc(/C=C/c3ccc4c(c3)C(C)(C)c3cc(N(c5ccc(F)cc5)c5ccc(-c6cccc7ccccc67)cc5)ccc3-4)ccc2-c2ccc(/C=C/c3ccc4c(c3)C(C)(C)c3cc(N(c5ccc(F)cc5)c5ccc(-c6cccc7ccccc67)cc5)ccc3-4)cc21. The van der Waals surface area contributed by atoms with Crippen LogP contribution >= 0.6 is 0 Å². The largest absolute Gasteiger partial charge is 0.310 e. The maximum Gasteiger partial charge on any atom is 0.123 e. The number of anilines is 6. The second kappa shape index (κ2) is 22.9. The van der Waals surface area contributed by atoms with Gasteiger partial charge in [-0.1, -0.05) is 260 Å². The first-order valence-electron chi connectivity index (χ1n) is 33.6. The lowest BCUT2D eigenvalue weighted by Crippen LogP contribution is -2.16. The fourth-order valence-electron chi connectivity index (χ4n) is 15.9. The van der Waals surface area contributed by atoms with E-state index in [-0.39, 0.29) is 27.9 Å². The van der Waals surface area contributed by atoms with Gasteiger partial charge in [-0.15, -0.1) is 0 Å². The van der Waals surface area contributed by atoms with E-state index < -0.39 is 0 Å². The van der Waals surface area contributed by atoms with Crippen molar-refractivity contribution in [1.29, 1.82) is 0 Å². The van der Waals surface area contributed by atoms with Gasteiger partial charge < -0.3 is 9.80 Å². The molecule has 0 saturated heterocycles. The Morgan fingerprint density at radius 1 is 0.237 bits per heavy atom. The van der Waals surface area contributed by atoms with E-state index in [1.54, 1.807) is 24.3 Å². The number of hydrogen-bond donors (Lipinski definition) is 0. The third-order valence-electron chi connectivity index (χ3n) is 21.2. The Bertz CT molecular complexity index is 5200. The lowest BCUT2D eigenvalue weighted by molar-refractivity contribution is 0.627. The van der Waals surface area contributed by atoms with Crippen molar-refractivity contribution in [3.05, 3.63) is 358 Å². The monoisotopic (exact) mass is 1250 g/mol. The first-order valence-corrected chi connectivity index (χ1v) is 33.6. The van der Waals surface area contributed by atoms with Crippen molar-refractivity contribution >= 4 is 80.0 Å². The fraction of sp³-hybridized carbons (Fsp3) is 0.0968. The molecule has 0 heterocycles. The molecule has 97 heavy (non-hydrogen) atoms. The predicted octanol–water partition coefficient (Wildman–Crippen LogP) is 25.8. The Morgan fingerprint density at radius 3 is 0.814 bits per heavy atom. The second-order valence-corrected chi connectivity index (χ2v) is 28.0. The van der Waals surface area contributed by atoms with Gasteiger partial charge in [-0.2, -0.15) is 0 Å². The molecule has 0 spiro atoms. The molecule has 2 nitrogen and oxygen atoms in total. The summed E-state index contributed by atoms with van der Waals surface area (Å²) in [6.45, 7) is 14.1. The van der Waals surface area contributed by atoms with E-state index in [4.69, 9.17) is 0 Å². The van der Waals surface area contributed by atoms with Crippen LogP contribution in [0.5, 0.6) is 0 Å². The van der Waals surface area contributed by atoms with Crippen molar-refractivity contribution in [3.63, 3.8) is 0 Å². The van der Waals surface area contributed by atoms with Crippen LogP contribution in [0.15, 0.2) is 291 Å². The average Bonchev–Trinajstić information content (AvgIpc) is 1.60. The van der Waals surface area contributed by atoms with E-state index in [0.29, 0.717) is 0 Å². The highest BCUT2D eigenvalue weighted by Crippen LogP contribution is 2.54. The molecule has 466 valence electrons. The molecule has 0 atom stereocenters. The van der Waals surface area contributed by atoms with Crippen molar-refractivity contribution in [2.45, 2.75) is 57.8 Å². The highest BCUT2D eigenvalue weighted by atomic mass is 19.1. The summed E-state index contributed by atoms with van der Waals surface area (Å²) in [7, 11) is 0. The zero-order valence-corrected chi connectivity index (χ0v) is 55.2. The first kappa shape index (κ1) is 59.3. The molecule has 0 unspecified atom stereocenters. The van der Waals surface area contributed by atoms with Crippen LogP contribution in [0.1, 0.15) is 97.2 Å². The first-order chi connectivity index (χ1) is 47.1. The van der Waals surface area contributed by atoms with E-state index in [0.717, 1.165) is 56.4 Å². The Labute approximate surface area is 567 Å². The molecule has 0 radical (unpaired) electrons. The van der Waals surface area contributed by atoms with Crippen LogP contribution in [0, 0.1) is 11.6 Å². The molecule has 0 aromatic heterocycles. The van der Waals surface area contributed by atoms with Gasteiger partial charge in [0.2, 0.25) is 0 Å². The summed E-state index contributed by atoms with van der Waals surface area (Å²) in [6.07, 6.45) is 9.05. The molecule has 3 aliphatic rings. The summed E-state index contributed by atoms with van der Waals surface area (Å²) in [5.41, 5.74) is 29.7. The Hall–Kier alpha value is -11.5. The third-order valence-corrected chi connectivity index (χ3v) is 21.2. The summed E-state index contributed by atoms with van der Waals surface area (Å²) in [4.78, 5) is 4.47. The second-order valence-electron chi connectivity index (χ2n) is 28.0. The standard InChI is InChI=1S/C93H70F2N2/c1-91(2)85-53-59(21-23-61-27-49-81-83-51-45-73(57-89(83)92(3,4)87(81)55-61)96(71-41-33-67(94)34-42-71)69-37-29-65(30-38-69)77-19-11-15-63-13-7-9-17-75(63)77)25-47-79(85)80-48-26-60(54-86(80)91)22-24-62-28-50-82-84-52-46-74(58-90(84)93(5,6)88(82)56-62)97(72-43-35-68(95)36-44-72)70-39-31-66(32-40-70)78-20-12-16-64-14-8-10-18-76(64)78/h7-58H,1-6H3/b23-21+,24-22+. The summed E-state index contributed by atoms with van der Waals surface area (Å²) >= 11 is 0. The third kappa shape index (κ3) is 10.1. The van der Waals surface area contributed by atoms with Crippen LogP contribution in [0.25, 0.3) is 101 Å².